The molecule has 4 amide bonds. The lowest BCUT2D eigenvalue weighted by molar-refractivity contribution is 0.0596. The summed E-state index contributed by atoms with van der Waals surface area (Å²) in [6.45, 7) is 5.47. The van der Waals surface area contributed by atoms with E-state index in [-0.39, 0.29) is 12.1 Å². The molecular formula is C9H17N3O2S. The van der Waals surface area contributed by atoms with Gasteiger partial charge in [-0.1, -0.05) is 0 Å². The predicted molar refractivity (Wildman–Crippen MR) is 60.7 cm³/mol. The first-order valence-electron chi connectivity index (χ1n) is 4.70. The number of nitrogens with zero attached hydrogens (tertiary/aromatic N) is 3. The highest BCUT2D eigenvalue weighted by molar-refractivity contribution is 7.80. The van der Waals surface area contributed by atoms with Crippen molar-refractivity contribution in [1.82, 2.24) is 14.7 Å². The van der Waals surface area contributed by atoms with Gasteiger partial charge in [0.25, 0.3) is 0 Å². The van der Waals surface area contributed by atoms with Crippen molar-refractivity contribution in [2.24, 2.45) is 0 Å². The first kappa shape index (κ1) is 12.2. The Hall–Kier alpha value is -0.910. The van der Waals surface area contributed by atoms with Crippen LogP contribution in [0, 0.1) is 0 Å². The second-order valence-corrected chi connectivity index (χ2v) is 5.10. The molecule has 0 bridgehead atoms. The normalized spacial score (nSPS) is 20.3. The van der Waals surface area contributed by atoms with Gasteiger partial charge >= 0.3 is 12.1 Å². The van der Waals surface area contributed by atoms with Gasteiger partial charge in [0, 0.05) is 19.6 Å². The average Bonchev–Trinajstić information content (AvgIpc) is 2.09. The Morgan fingerprint density at radius 2 is 1.40 bits per heavy atom. The highest BCUT2D eigenvalue weighted by atomic mass is 32.1. The predicted octanol–water partition coefficient (Wildman–Crippen LogP) is 1.42. The zero-order valence-electron chi connectivity index (χ0n) is 9.68. The summed E-state index contributed by atoms with van der Waals surface area (Å²) in [7, 11) is 3.25. The Labute approximate surface area is 95.4 Å². The van der Waals surface area contributed by atoms with E-state index in [4.69, 9.17) is 0 Å². The van der Waals surface area contributed by atoms with Crippen molar-refractivity contribution in [2.75, 3.05) is 14.1 Å². The number of thiol groups is 1. The Morgan fingerprint density at radius 3 is 1.67 bits per heavy atom. The molecule has 5 nitrogen and oxygen atoms in total. The fraction of sp³-hybridized carbons (Fsp3) is 0.778. The fourth-order valence-electron chi connectivity index (χ4n) is 1.43. The van der Waals surface area contributed by atoms with E-state index >= 15 is 0 Å². The molecule has 15 heavy (non-hydrogen) atoms. The second-order valence-electron chi connectivity index (χ2n) is 4.64. The van der Waals surface area contributed by atoms with Crippen LogP contribution >= 0.6 is 12.6 Å². The van der Waals surface area contributed by atoms with E-state index in [1.54, 1.807) is 14.1 Å². The zero-order valence-corrected chi connectivity index (χ0v) is 10.6. The number of hydrogen-bond donors (Lipinski definition) is 1. The molecule has 0 saturated carbocycles. The number of carbonyl (C=O) groups is 2. The summed E-state index contributed by atoms with van der Waals surface area (Å²) in [5.74, 6) is 0. The SMILES string of the molecule is CN1C(=O)N(C(C)(C)C)C(=O)N(C)C1S. The van der Waals surface area contributed by atoms with Crippen molar-refractivity contribution >= 4 is 24.7 Å². The van der Waals surface area contributed by atoms with Gasteiger partial charge in [0.15, 0.2) is 5.50 Å². The van der Waals surface area contributed by atoms with Crippen LogP contribution < -0.4 is 0 Å². The van der Waals surface area contributed by atoms with E-state index in [1.807, 2.05) is 20.8 Å². The lowest BCUT2D eigenvalue weighted by Crippen LogP contribution is -2.66. The van der Waals surface area contributed by atoms with Crippen molar-refractivity contribution < 1.29 is 9.59 Å². The minimum absolute atomic E-state index is 0.314. The van der Waals surface area contributed by atoms with Gasteiger partial charge in [0.05, 0.1) is 0 Å². The minimum Gasteiger partial charge on any atom is -0.298 e. The Kier molecular flexibility index (Phi) is 2.91. The van der Waals surface area contributed by atoms with E-state index in [1.165, 1.54) is 14.7 Å². The third-order valence-corrected chi connectivity index (χ3v) is 3.04. The first-order valence-corrected chi connectivity index (χ1v) is 5.21. The van der Waals surface area contributed by atoms with E-state index in [9.17, 15) is 9.59 Å². The molecule has 0 aromatic heterocycles. The third kappa shape index (κ3) is 1.90. The lowest BCUT2D eigenvalue weighted by Gasteiger charge is -2.46. The van der Waals surface area contributed by atoms with Gasteiger partial charge in [0.2, 0.25) is 0 Å². The van der Waals surface area contributed by atoms with Gasteiger partial charge in [0.1, 0.15) is 0 Å². The Balaban J connectivity index is 3.08. The molecule has 0 aliphatic carbocycles. The van der Waals surface area contributed by atoms with E-state index in [0.717, 1.165) is 0 Å². The molecule has 1 aliphatic heterocycles. The van der Waals surface area contributed by atoms with Gasteiger partial charge in [-0.25, -0.2) is 14.5 Å². The van der Waals surface area contributed by atoms with Crippen LogP contribution in [-0.4, -0.2) is 51.9 Å². The van der Waals surface area contributed by atoms with Gasteiger partial charge in [-0.2, -0.15) is 0 Å². The highest BCUT2D eigenvalue weighted by Gasteiger charge is 2.43. The maximum absolute atomic E-state index is 11.9. The molecular weight excluding hydrogens is 214 g/mol. The van der Waals surface area contributed by atoms with Crippen LogP contribution in [0.15, 0.2) is 0 Å². The summed E-state index contributed by atoms with van der Waals surface area (Å²) in [6, 6.07) is -0.629. The summed E-state index contributed by atoms with van der Waals surface area (Å²) < 4.78 is 0. The summed E-state index contributed by atoms with van der Waals surface area (Å²) in [5, 5.41) is 0. The standard InChI is InChI=1S/C9H17N3O2S/c1-9(2,3)12-6(13)10(4)8(15)11(5)7(12)14/h8,15H,1-5H3. The molecule has 1 heterocycles. The van der Waals surface area contributed by atoms with Crippen LogP contribution in [-0.2, 0) is 0 Å². The summed E-state index contributed by atoms with van der Waals surface area (Å²) in [6.07, 6.45) is 0. The molecule has 6 heteroatoms. The van der Waals surface area contributed by atoms with Crippen LogP contribution in [0.3, 0.4) is 0 Å². The molecule has 1 fully saturated rings. The number of rotatable bonds is 0. The molecule has 0 unspecified atom stereocenters. The molecule has 0 spiro atoms. The number of urea groups is 2. The molecule has 1 aliphatic rings. The maximum atomic E-state index is 11.9. The van der Waals surface area contributed by atoms with Crippen LogP contribution in [0.5, 0.6) is 0 Å². The summed E-state index contributed by atoms with van der Waals surface area (Å²) in [5.41, 5.74) is -1.02. The largest absolute Gasteiger partial charge is 0.330 e. The number of hydrogen-bond acceptors (Lipinski definition) is 3. The number of imide groups is 1. The first-order chi connectivity index (χ1) is 6.68. The average molecular weight is 231 g/mol. The smallest absolute Gasteiger partial charge is 0.298 e. The van der Waals surface area contributed by atoms with E-state index in [0.29, 0.717) is 0 Å². The number of carbonyl (C=O) groups excluding carboxylic acids is 2. The van der Waals surface area contributed by atoms with Crippen molar-refractivity contribution in [1.29, 1.82) is 0 Å². The highest BCUT2D eigenvalue weighted by Crippen LogP contribution is 2.25. The van der Waals surface area contributed by atoms with Crippen LogP contribution in [0.1, 0.15) is 20.8 Å². The van der Waals surface area contributed by atoms with E-state index in [2.05, 4.69) is 12.6 Å². The maximum Gasteiger partial charge on any atom is 0.330 e. The van der Waals surface area contributed by atoms with Gasteiger partial charge in [-0.3, -0.25) is 9.80 Å². The van der Waals surface area contributed by atoms with Crippen LogP contribution in [0.2, 0.25) is 0 Å². The topological polar surface area (TPSA) is 43.9 Å². The molecule has 0 N–H and O–H groups in total. The van der Waals surface area contributed by atoms with Gasteiger partial charge in [-0.05, 0) is 20.8 Å². The molecule has 0 atom stereocenters. The molecule has 86 valence electrons. The van der Waals surface area contributed by atoms with Crippen molar-refractivity contribution in [3.05, 3.63) is 0 Å². The quantitative estimate of drug-likeness (QED) is 0.641. The molecule has 0 radical (unpaired) electrons. The molecule has 0 aromatic rings. The van der Waals surface area contributed by atoms with Crippen molar-refractivity contribution in [2.45, 2.75) is 31.8 Å². The van der Waals surface area contributed by atoms with Crippen LogP contribution in [0.25, 0.3) is 0 Å². The van der Waals surface area contributed by atoms with E-state index < -0.39 is 11.0 Å². The monoisotopic (exact) mass is 231 g/mol. The summed E-state index contributed by atoms with van der Waals surface area (Å²) >= 11 is 4.19. The Bertz CT molecular complexity index is 278. The van der Waals surface area contributed by atoms with Gasteiger partial charge < -0.3 is 0 Å². The van der Waals surface area contributed by atoms with Crippen molar-refractivity contribution in [3.8, 4) is 0 Å². The van der Waals surface area contributed by atoms with Crippen molar-refractivity contribution in [3.63, 3.8) is 0 Å². The lowest BCUT2D eigenvalue weighted by atomic mass is 10.1. The molecule has 0 aromatic carbocycles. The molecule has 1 saturated heterocycles. The second kappa shape index (κ2) is 3.59. The third-order valence-electron chi connectivity index (χ3n) is 2.35. The Morgan fingerprint density at radius 1 is 1.07 bits per heavy atom. The number of amides is 4. The zero-order chi connectivity index (χ0) is 12.0. The van der Waals surface area contributed by atoms with Crippen LogP contribution in [0.4, 0.5) is 9.59 Å². The molecule has 1 rings (SSSR count). The fourth-order valence-corrected chi connectivity index (χ4v) is 1.63. The minimum atomic E-state index is -0.523. The van der Waals surface area contributed by atoms with Gasteiger partial charge in [-0.15, -0.1) is 12.6 Å². The summed E-state index contributed by atoms with van der Waals surface area (Å²) in [4.78, 5) is 27.9.